The van der Waals surface area contributed by atoms with Gasteiger partial charge in [0.1, 0.15) is 18.9 Å². The fourth-order valence-corrected chi connectivity index (χ4v) is 4.64. The molecule has 0 atom stereocenters. The number of hydrogen-bond acceptors (Lipinski definition) is 2. The molecule has 0 saturated carbocycles. The van der Waals surface area contributed by atoms with Crippen molar-refractivity contribution < 1.29 is 26.2 Å². The van der Waals surface area contributed by atoms with Crippen LogP contribution in [0.3, 0.4) is 0 Å². The molecular weight excluding hydrogens is 488 g/mol. The summed E-state index contributed by atoms with van der Waals surface area (Å²) in [4.78, 5) is 0. The van der Waals surface area contributed by atoms with Crippen molar-refractivity contribution in [1.29, 1.82) is 0 Å². The zero-order chi connectivity index (χ0) is 16.0. The maximum absolute atomic E-state index is 6.04. The minimum atomic E-state index is 0. The van der Waals surface area contributed by atoms with Crippen molar-refractivity contribution in [2.45, 2.75) is 25.7 Å². The van der Waals surface area contributed by atoms with Crippen LogP contribution in [-0.2, 0) is 0 Å². The standard InChI is InChI=1S/C17H25Br2N2O.BrH/c1-2-7-21(8-5-3-4-6-9-21)10-11-22-17-15(18)12-14(20)13-16(17)19;/h2,12-13H,1,3-11,20H2;1H/q+1;/p-1. The van der Waals surface area contributed by atoms with Crippen molar-refractivity contribution in [1.82, 2.24) is 0 Å². The van der Waals surface area contributed by atoms with Gasteiger partial charge in [-0.2, -0.15) is 0 Å². The van der Waals surface area contributed by atoms with E-state index in [0.29, 0.717) is 12.3 Å². The van der Waals surface area contributed by atoms with Crippen LogP contribution in [0.15, 0.2) is 33.7 Å². The number of hydrogen-bond donors (Lipinski definition) is 1. The molecule has 0 aromatic heterocycles. The van der Waals surface area contributed by atoms with Crippen molar-refractivity contribution >= 4 is 37.5 Å². The minimum Gasteiger partial charge on any atom is -1.00 e. The lowest BCUT2D eigenvalue weighted by Gasteiger charge is -2.37. The third-order valence-corrected chi connectivity index (χ3v) is 5.54. The molecule has 0 spiro atoms. The molecule has 1 heterocycles. The summed E-state index contributed by atoms with van der Waals surface area (Å²) in [5.74, 6) is 0.834. The minimum absolute atomic E-state index is 0. The van der Waals surface area contributed by atoms with Crippen LogP contribution in [0.4, 0.5) is 5.69 Å². The number of anilines is 1. The van der Waals surface area contributed by atoms with E-state index in [2.05, 4.69) is 44.5 Å². The summed E-state index contributed by atoms with van der Waals surface area (Å²) >= 11 is 7.05. The Morgan fingerprint density at radius 2 is 1.70 bits per heavy atom. The zero-order valence-corrected chi connectivity index (χ0v) is 18.1. The molecule has 0 aliphatic carbocycles. The normalized spacial score (nSPS) is 17.0. The average molecular weight is 513 g/mol. The highest BCUT2D eigenvalue weighted by Crippen LogP contribution is 2.35. The Bertz CT molecular complexity index is 492. The number of nitrogens with two attached hydrogens (primary N) is 1. The molecule has 23 heavy (non-hydrogen) atoms. The summed E-state index contributed by atoms with van der Waals surface area (Å²) in [6.07, 6.45) is 7.38. The Balaban J connectivity index is 0.00000264. The van der Waals surface area contributed by atoms with Crippen molar-refractivity contribution in [3.63, 3.8) is 0 Å². The number of quaternary nitrogens is 1. The number of benzene rings is 1. The van der Waals surface area contributed by atoms with Crippen LogP contribution in [0, 0.1) is 0 Å². The van der Waals surface area contributed by atoms with Crippen LogP contribution in [0.1, 0.15) is 25.7 Å². The first-order valence-corrected chi connectivity index (χ1v) is 9.48. The number of nitrogens with zero attached hydrogens (tertiary/aromatic N) is 1. The molecule has 1 aliphatic rings. The number of likely N-dealkylation sites (tertiary alicyclic amines) is 1. The predicted octanol–water partition coefficient (Wildman–Crippen LogP) is 1.75. The van der Waals surface area contributed by atoms with E-state index >= 15 is 0 Å². The van der Waals surface area contributed by atoms with E-state index in [4.69, 9.17) is 10.5 Å². The zero-order valence-electron chi connectivity index (χ0n) is 13.4. The fourth-order valence-electron chi connectivity index (χ4n) is 3.19. The van der Waals surface area contributed by atoms with Crippen LogP contribution < -0.4 is 27.5 Å². The second-order valence-corrected chi connectivity index (χ2v) is 7.77. The first-order valence-electron chi connectivity index (χ1n) is 7.90. The van der Waals surface area contributed by atoms with E-state index in [0.717, 1.165) is 32.3 Å². The third-order valence-electron chi connectivity index (χ3n) is 4.36. The van der Waals surface area contributed by atoms with E-state index in [1.165, 1.54) is 38.8 Å². The summed E-state index contributed by atoms with van der Waals surface area (Å²) in [5, 5.41) is 0. The van der Waals surface area contributed by atoms with E-state index in [9.17, 15) is 0 Å². The largest absolute Gasteiger partial charge is 1.00 e. The van der Waals surface area contributed by atoms with Crippen molar-refractivity contribution in [3.05, 3.63) is 33.7 Å². The van der Waals surface area contributed by atoms with Gasteiger partial charge in [0, 0.05) is 5.69 Å². The van der Waals surface area contributed by atoms with E-state index in [1.54, 1.807) is 0 Å². The van der Waals surface area contributed by atoms with Gasteiger partial charge in [0.05, 0.1) is 28.6 Å². The Morgan fingerprint density at radius 3 is 2.22 bits per heavy atom. The summed E-state index contributed by atoms with van der Waals surface area (Å²) in [6, 6.07) is 3.75. The maximum atomic E-state index is 6.04. The molecule has 1 fully saturated rings. The van der Waals surface area contributed by atoms with E-state index in [1.807, 2.05) is 12.1 Å². The van der Waals surface area contributed by atoms with Crippen LogP contribution in [0.2, 0.25) is 0 Å². The second-order valence-electron chi connectivity index (χ2n) is 6.06. The Labute approximate surface area is 166 Å². The molecule has 1 aromatic rings. The molecule has 2 N–H and O–H groups in total. The van der Waals surface area contributed by atoms with Crippen LogP contribution in [0.5, 0.6) is 5.75 Å². The lowest BCUT2D eigenvalue weighted by atomic mass is 10.2. The van der Waals surface area contributed by atoms with Crippen molar-refractivity contribution in [2.24, 2.45) is 0 Å². The maximum Gasteiger partial charge on any atom is 0.148 e. The SMILES string of the molecule is C=CC[N+]1(CCOc2c(Br)cc(N)cc2Br)CCCCCC1.[Br-]. The van der Waals surface area contributed by atoms with E-state index < -0.39 is 0 Å². The van der Waals surface area contributed by atoms with E-state index in [-0.39, 0.29) is 17.0 Å². The molecule has 3 nitrogen and oxygen atoms in total. The summed E-state index contributed by atoms with van der Waals surface area (Å²) in [6.45, 7) is 9.18. The van der Waals surface area contributed by atoms with Crippen LogP contribution in [-0.4, -0.2) is 37.3 Å². The lowest BCUT2D eigenvalue weighted by molar-refractivity contribution is -0.922. The topological polar surface area (TPSA) is 35.2 Å². The lowest BCUT2D eigenvalue weighted by Crippen LogP contribution is -3.00. The van der Waals surface area contributed by atoms with Gasteiger partial charge in [-0.15, -0.1) is 0 Å². The van der Waals surface area contributed by atoms with Crippen LogP contribution in [0.25, 0.3) is 0 Å². The molecule has 0 amide bonds. The van der Waals surface area contributed by atoms with Crippen molar-refractivity contribution in [3.8, 4) is 5.75 Å². The molecule has 0 bridgehead atoms. The highest BCUT2D eigenvalue weighted by molar-refractivity contribution is 9.11. The molecule has 1 aromatic carbocycles. The average Bonchev–Trinajstić information content (AvgIpc) is 2.68. The third kappa shape index (κ3) is 6.07. The molecule has 1 aliphatic heterocycles. The number of ether oxygens (including phenoxy) is 1. The highest BCUT2D eigenvalue weighted by Gasteiger charge is 2.27. The number of nitrogen functional groups attached to an aromatic ring is 1. The first-order chi connectivity index (χ1) is 10.6. The van der Waals surface area contributed by atoms with Gasteiger partial charge in [0.15, 0.2) is 0 Å². The number of rotatable bonds is 6. The van der Waals surface area contributed by atoms with Gasteiger partial charge in [0.25, 0.3) is 0 Å². The number of halogens is 3. The molecule has 0 unspecified atom stereocenters. The molecule has 1 saturated heterocycles. The summed E-state index contributed by atoms with van der Waals surface area (Å²) in [5.41, 5.74) is 6.54. The molecule has 0 radical (unpaired) electrons. The smallest absolute Gasteiger partial charge is 0.148 e. The molecular formula is C17H25Br3N2O. The monoisotopic (exact) mass is 510 g/mol. The Hall–Kier alpha value is -0.0400. The molecule has 2 rings (SSSR count). The molecule has 6 heteroatoms. The van der Waals surface area contributed by atoms with Gasteiger partial charge < -0.3 is 31.9 Å². The van der Waals surface area contributed by atoms with Gasteiger partial charge in [-0.25, -0.2) is 0 Å². The van der Waals surface area contributed by atoms with Gasteiger partial charge in [-0.1, -0.05) is 6.58 Å². The Kier molecular flexibility index (Phi) is 9.19. The first kappa shape index (κ1) is 21.0. The molecule has 130 valence electrons. The predicted molar refractivity (Wildman–Crippen MR) is 100 cm³/mol. The summed E-state index contributed by atoms with van der Waals surface area (Å²) in [7, 11) is 0. The fraction of sp³-hybridized carbons (Fsp3) is 0.529. The van der Waals surface area contributed by atoms with Crippen molar-refractivity contribution in [2.75, 3.05) is 38.5 Å². The summed E-state index contributed by atoms with van der Waals surface area (Å²) < 4.78 is 8.93. The quantitative estimate of drug-likeness (QED) is 0.358. The van der Waals surface area contributed by atoms with Gasteiger partial charge >= 0.3 is 0 Å². The van der Waals surface area contributed by atoms with Gasteiger partial charge in [-0.3, -0.25) is 0 Å². The second kappa shape index (κ2) is 10.1. The van der Waals surface area contributed by atoms with Crippen LogP contribution >= 0.6 is 31.9 Å². The van der Waals surface area contributed by atoms with Gasteiger partial charge in [0.2, 0.25) is 0 Å². The Morgan fingerprint density at radius 1 is 1.13 bits per heavy atom. The van der Waals surface area contributed by atoms with Gasteiger partial charge in [-0.05, 0) is 75.8 Å². The highest BCUT2D eigenvalue weighted by atomic mass is 79.9.